The molecular weight excluding hydrogens is 328 g/mol. The van der Waals surface area contributed by atoms with Gasteiger partial charge >= 0.3 is 0 Å². The molecule has 1 nitrogen and oxygen atoms in total. The molecule has 5 aliphatic rings. The fraction of sp³-hybridized carbons (Fsp3) is 0.846. The number of allylic oxidation sites excluding steroid dienone is 3. The summed E-state index contributed by atoms with van der Waals surface area (Å²) >= 11 is 0. The topological polar surface area (TPSA) is 20.2 Å². The van der Waals surface area contributed by atoms with Crippen molar-refractivity contribution in [2.45, 2.75) is 97.5 Å². The van der Waals surface area contributed by atoms with Gasteiger partial charge < -0.3 is 5.11 Å². The Labute approximate surface area is 166 Å². The van der Waals surface area contributed by atoms with Gasteiger partial charge in [-0.2, -0.15) is 0 Å². The monoisotopic (exact) mass is 368 g/mol. The minimum Gasteiger partial charge on any atom is -0.393 e. The second-order valence-electron chi connectivity index (χ2n) is 11.3. The van der Waals surface area contributed by atoms with E-state index in [0.717, 1.165) is 36.5 Å². The molecule has 0 aliphatic heterocycles. The van der Waals surface area contributed by atoms with Crippen molar-refractivity contribution < 1.29 is 5.11 Å². The lowest BCUT2D eigenvalue weighted by Gasteiger charge is -2.60. The van der Waals surface area contributed by atoms with Crippen molar-refractivity contribution in [3.63, 3.8) is 0 Å². The van der Waals surface area contributed by atoms with E-state index in [4.69, 9.17) is 0 Å². The van der Waals surface area contributed by atoms with Crippen molar-refractivity contribution in [1.82, 2.24) is 0 Å². The lowest BCUT2D eigenvalue weighted by Crippen LogP contribution is -2.52. The van der Waals surface area contributed by atoms with Crippen molar-refractivity contribution in [2.24, 2.45) is 40.4 Å². The van der Waals surface area contributed by atoms with Crippen LogP contribution in [0.5, 0.6) is 0 Å². The van der Waals surface area contributed by atoms with Crippen LogP contribution in [0, 0.1) is 40.4 Å². The molecule has 27 heavy (non-hydrogen) atoms. The Morgan fingerprint density at radius 2 is 1.67 bits per heavy atom. The third-order valence-electron chi connectivity index (χ3n) is 10.1. The minimum absolute atomic E-state index is 0.0898. The summed E-state index contributed by atoms with van der Waals surface area (Å²) in [6, 6.07) is 0. The van der Waals surface area contributed by atoms with Gasteiger partial charge in [0.15, 0.2) is 0 Å². The van der Waals surface area contributed by atoms with Crippen LogP contribution in [0.1, 0.15) is 91.4 Å². The van der Waals surface area contributed by atoms with Gasteiger partial charge in [0.2, 0.25) is 0 Å². The van der Waals surface area contributed by atoms with Gasteiger partial charge in [-0.25, -0.2) is 0 Å². The van der Waals surface area contributed by atoms with Gasteiger partial charge in [0, 0.05) is 0 Å². The van der Waals surface area contributed by atoms with Gasteiger partial charge in [-0.15, -0.1) is 0 Å². The first-order chi connectivity index (χ1) is 12.9. The van der Waals surface area contributed by atoms with E-state index in [1.807, 2.05) is 5.57 Å². The zero-order valence-electron chi connectivity index (χ0n) is 17.8. The molecule has 3 saturated carbocycles. The third kappa shape index (κ3) is 2.66. The summed E-state index contributed by atoms with van der Waals surface area (Å²) in [4.78, 5) is 0. The first-order valence-electron chi connectivity index (χ1n) is 12.0. The zero-order chi connectivity index (χ0) is 18.8. The number of aliphatic hydroxyl groups excluding tert-OH is 1. The Hall–Kier alpha value is -0.560. The first-order valence-corrected chi connectivity index (χ1v) is 12.0. The van der Waals surface area contributed by atoms with Crippen LogP contribution in [0.25, 0.3) is 0 Å². The zero-order valence-corrected chi connectivity index (χ0v) is 17.8. The van der Waals surface area contributed by atoms with Gasteiger partial charge in [-0.3, -0.25) is 0 Å². The molecule has 0 amide bonds. The molecule has 0 spiro atoms. The van der Waals surface area contributed by atoms with Gasteiger partial charge in [0.25, 0.3) is 0 Å². The molecule has 1 N–H and O–H groups in total. The number of fused-ring (bicyclic) bond motifs is 5. The maximum absolute atomic E-state index is 10.3. The van der Waals surface area contributed by atoms with Crippen LogP contribution in [-0.4, -0.2) is 11.2 Å². The van der Waals surface area contributed by atoms with Crippen molar-refractivity contribution in [1.29, 1.82) is 0 Å². The summed E-state index contributed by atoms with van der Waals surface area (Å²) in [6.45, 7) is 7.71. The van der Waals surface area contributed by atoms with Gasteiger partial charge in [0.1, 0.15) is 0 Å². The van der Waals surface area contributed by atoms with Crippen molar-refractivity contribution >= 4 is 0 Å². The van der Waals surface area contributed by atoms with E-state index in [2.05, 4.69) is 32.9 Å². The largest absolute Gasteiger partial charge is 0.393 e. The average molecular weight is 369 g/mol. The molecule has 0 heterocycles. The first kappa shape index (κ1) is 18.5. The van der Waals surface area contributed by atoms with Crippen molar-refractivity contribution in [2.75, 3.05) is 0 Å². The fourth-order valence-electron chi connectivity index (χ4n) is 8.65. The highest BCUT2D eigenvalue weighted by atomic mass is 16.3. The molecule has 5 rings (SSSR count). The maximum atomic E-state index is 10.3. The highest BCUT2D eigenvalue weighted by Crippen LogP contribution is 2.67. The Balaban J connectivity index is 1.46. The number of hydrogen-bond acceptors (Lipinski definition) is 1. The van der Waals surface area contributed by atoms with E-state index in [1.54, 1.807) is 5.57 Å². The van der Waals surface area contributed by atoms with Gasteiger partial charge in [-0.05, 0) is 91.8 Å². The SMILES string of the molecule is C[C@@H]1C=C2C[C@@H](O)CC[C@]2(C)[C@H]2CC[C@]3(C)C(C4CCCCC4)=CC[C@H]3[C@H]12. The molecule has 7 atom stereocenters. The van der Waals surface area contributed by atoms with Crippen LogP contribution in [0.15, 0.2) is 23.3 Å². The number of aliphatic hydroxyl groups is 1. The van der Waals surface area contributed by atoms with Crippen molar-refractivity contribution in [3.05, 3.63) is 23.3 Å². The van der Waals surface area contributed by atoms with E-state index in [1.165, 1.54) is 57.8 Å². The molecule has 0 saturated heterocycles. The summed E-state index contributed by atoms with van der Waals surface area (Å²) < 4.78 is 0. The smallest absolute Gasteiger partial charge is 0.0577 e. The summed E-state index contributed by atoms with van der Waals surface area (Å²) in [5.41, 5.74) is 4.34. The molecule has 0 aromatic carbocycles. The quantitative estimate of drug-likeness (QED) is 0.512. The molecule has 3 fully saturated rings. The normalized spacial score (nSPS) is 50.3. The molecule has 150 valence electrons. The Morgan fingerprint density at radius 1 is 0.926 bits per heavy atom. The van der Waals surface area contributed by atoms with E-state index in [9.17, 15) is 5.11 Å². The van der Waals surface area contributed by atoms with Crippen LogP contribution < -0.4 is 0 Å². The standard InChI is InChI=1S/C26H40O/c1-17-15-19-16-20(27)11-13-25(19,2)23-12-14-26(3)21(9-10-22(26)24(17)23)18-7-5-4-6-8-18/h9,15,17-18,20,22-24,27H,4-8,10-14,16H2,1-3H3/t17-,20+,22+,23+,24+,25+,26-/m1/s1. The summed E-state index contributed by atoms with van der Waals surface area (Å²) in [5, 5.41) is 10.3. The second kappa shape index (κ2) is 6.48. The predicted octanol–water partition coefficient (Wildman–Crippen LogP) is 6.67. The Bertz CT molecular complexity index is 653. The van der Waals surface area contributed by atoms with Crippen LogP contribution >= 0.6 is 0 Å². The van der Waals surface area contributed by atoms with Gasteiger partial charge in [0.05, 0.1) is 6.10 Å². The molecule has 0 aromatic heterocycles. The predicted molar refractivity (Wildman–Crippen MR) is 112 cm³/mol. The average Bonchev–Trinajstić information content (AvgIpc) is 3.01. The van der Waals surface area contributed by atoms with E-state index >= 15 is 0 Å². The van der Waals surface area contributed by atoms with E-state index in [-0.39, 0.29) is 6.10 Å². The lowest BCUT2D eigenvalue weighted by atomic mass is 9.45. The van der Waals surface area contributed by atoms with E-state index in [0.29, 0.717) is 16.7 Å². The summed E-state index contributed by atoms with van der Waals surface area (Å²) in [7, 11) is 0. The van der Waals surface area contributed by atoms with Gasteiger partial charge in [-0.1, -0.05) is 63.3 Å². The van der Waals surface area contributed by atoms with Crippen LogP contribution in [-0.2, 0) is 0 Å². The molecule has 5 aliphatic carbocycles. The van der Waals surface area contributed by atoms with Crippen LogP contribution in [0.4, 0.5) is 0 Å². The second-order valence-corrected chi connectivity index (χ2v) is 11.3. The number of rotatable bonds is 1. The van der Waals surface area contributed by atoms with E-state index < -0.39 is 0 Å². The Kier molecular flexibility index (Phi) is 4.43. The molecular formula is C26H40O. The molecule has 0 radical (unpaired) electrons. The maximum Gasteiger partial charge on any atom is 0.0577 e. The summed E-state index contributed by atoms with van der Waals surface area (Å²) in [5.74, 6) is 4.15. The summed E-state index contributed by atoms with van der Waals surface area (Å²) in [6.07, 6.45) is 19.9. The minimum atomic E-state index is -0.0898. The highest BCUT2D eigenvalue weighted by molar-refractivity contribution is 5.32. The highest BCUT2D eigenvalue weighted by Gasteiger charge is 2.58. The number of hydrogen-bond donors (Lipinski definition) is 1. The molecule has 1 heteroatoms. The van der Waals surface area contributed by atoms with Crippen LogP contribution in [0.3, 0.4) is 0 Å². The Morgan fingerprint density at radius 3 is 2.44 bits per heavy atom. The van der Waals surface area contributed by atoms with Crippen molar-refractivity contribution in [3.8, 4) is 0 Å². The molecule has 0 bridgehead atoms. The fourth-order valence-corrected chi connectivity index (χ4v) is 8.65. The third-order valence-corrected chi connectivity index (χ3v) is 10.1. The molecule has 0 unspecified atom stereocenters. The van der Waals surface area contributed by atoms with Crippen LogP contribution in [0.2, 0.25) is 0 Å². The molecule has 0 aromatic rings. The lowest BCUT2D eigenvalue weighted by molar-refractivity contribution is -0.0504.